The molecule has 72 valence electrons. The van der Waals surface area contributed by atoms with Crippen LogP contribution in [0.1, 0.15) is 27.7 Å². The van der Waals surface area contributed by atoms with Gasteiger partial charge in [0.25, 0.3) is 0 Å². The van der Waals surface area contributed by atoms with Gasteiger partial charge in [0.05, 0.1) is 5.41 Å². The maximum atomic E-state index is 11.2. The van der Waals surface area contributed by atoms with Gasteiger partial charge in [0.1, 0.15) is 0 Å². The van der Waals surface area contributed by atoms with Crippen molar-refractivity contribution < 1.29 is 14.7 Å². The molecule has 0 unspecified atom stereocenters. The topological polar surface area (TPSA) is 72.5 Å². The van der Waals surface area contributed by atoms with E-state index in [9.17, 15) is 4.79 Å². The molecule has 0 amide bonds. The number of nitrogens with two attached hydrogens (primary N) is 1. The van der Waals surface area contributed by atoms with Crippen LogP contribution in [0.5, 0.6) is 0 Å². The predicted molar refractivity (Wildman–Crippen MR) is 44.9 cm³/mol. The molecule has 12 heavy (non-hydrogen) atoms. The maximum absolute atomic E-state index is 11.2. The third kappa shape index (κ3) is 1.76. The third-order valence-electron chi connectivity index (χ3n) is 2.70. The summed E-state index contributed by atoms with van der Waals surface area (Å²) >= 11 is 0. The highest BCUT2D eigenvalue weighted by Gasteiger charge is 2.44. The summed E-state index contributed by atoms with van der Waals surface area (Å²) in [4.78, 5) is 15.3. The van der Waals surface area contributed by atoms with Gasteiger partial charge in [-0.2, -0.15) is 5.90 Å². The highest BCUT2D eigenvalue weighted by molar-refractivity contribution is 5.76. The lowest BCUT2D eigenvalue weighted by Gasteiger charge is -2.36. The molecule has 3 N–H and O–H groups in total. The second-order valence-corrected chi connectivity index (χ2v) is 4.07. The monoisotopic (exact) mass is 175 g/mol. The average Bonchev–Trinajstić information content (AvgIpc) is 2.02. The van der Waals surface area contributed by atoms with E-state index in [0.29, 0.717) is 0 Å². The molecule has 4 nitrogen and oxygen atoms in total. The van der Waals surface area contributed by atoms with Gasteiger partial charge in [0.2, 0.25) is 0 Å². The molecule has 0 spiro atoms. The quantitative estimate of drug-likeness (QED) is 0.611. The van der Waals surface area contributed by atoms with Crippen LogP contribution in [-0.4, -0.2) is 17.7 Å². The lowest BCUT2D eigenvalue weighted by atomic mass is 9.68. The van der Waals surface area contributed by atoms with Crippen LogP contribution in [0.25, 0.3) is 0 Å². The summed E-state index contributed by atoms with van der Waals surface area (Å²) in [5.41, 5.74) is -1.32. The van der Waals surface area contributed by atoms with Gasteiger partial charge >= 0.3 is 5.97 Å². The molecule has 0 aromatic carbocycles. The lowest BCUT2D eigenvalue weighted by molar-refractivity contribution is -0.163. The number of aliphatic hydroxyl groups is 1. The zero-order valence-electron chi connectivity index (χ0n) is 8.05. The van der Waals surface area contributed by atoms with Gasteiger partial charge in [-0.25, -0.2) is 4.79 Å². The zero-order valence-corrected chi connectivity index (χ0v) is 8.05. The molecular formula is C8H17NO3. The minimum absolute atomic E-state index is 0.0882. The Kier molecular flexibility index (Phi) is 3.24. The first-order chi connectivity index (χ1) is 5.29. The van der Waals surface area contributed by atoms with Gasteiger partial charge in [0, 0.05) is 12.0 Å². The fraction of sp³-hybridized carbons (Fsp3) is 0.875. The Bertz CT molecular complexity index is 175. The van der Waals surface area contributed by atoms with Crippen molar-refractivity contribution in [3.63, 3.8) is 0 Å². The third-order valence-corrected chi connectivity index (χ3v) is 2.70. The molecule has 0 saturated heterocycles. The number of rotatable bonds is 3. The summed E-state index contributed by atoms with van der Waals surface area (Å²) in [5, 5.41) is 9.03. The molecule has 0 radical (unpaired) electrons. The highest BCUT2D eigenvalue weighted by atomic mass is 16.7. The predicted octanol–water partition coefficient (Wildman–Crippen LogP) is 0.448. The Morgan fingerprint density at radius 3 is 2.08 bits per heavy atom. The number of hydrogen-bond donors (Lipinski definition) is 2. The fourth-order valence-electron chi connectivity index (χ4n) is 0.621. The Morgan fingerprint density at radius 2 is 1.83 bits per heavy atom. The molecule has 0 aromatic rings. The van der Waals surface area contributed by atoms with Crippen molar-refractivity contribution in [1.82, 2.24) is 0 Å². The summed E-state index contributed by atoms with van der Waals surface area (Å²) in [5.74, 6) is 4.27. The Morgan fingerprint density at radius 1 is 1.42 bits per heavy atom. The van der Waals surface area contributed by atoms with Gasteiger partial charge < -0.3 is 9.94 Å². The molecule has 0 heterocycles. The average molecular weight is 175 g/mol. The van der Waals surface area contributed by atoms with Crippen LogP contribution in [-0.2, 0) is 9.63 Å². The van der Waals surface area contributed by atoms with Crippen molar-refractivity contribution in [2.45, 2.75) is 27.7 Å². The molecule has 0 aliphatic heterocycles. The first kappa shape index (κ1) is 11.4. The minimum atomic E-state index is -0.781. The number of hydrogen-bond acceptors (Lipinski definition) is 4. The van der Waals surface area contributed by atoms with Gasteiger partial charge in [-0.15, -0.1) is 0 Å². The van der Waals surface area contributed by atoms with E-state index >= 15 is 0 Å². The van der Waals surface area contributed by atoms with E-state index in [1.165, 1.54) is 0 Å². The summed E-state index contributed by atoms with van der Waals surface area (Å²) in [6.07, 6.45) is 0. The van der Waals surface area contributed by atoms with E-state index in [1.54, 1.807) is 27.7 Å². The van der Waals surface area contributed by atoms with Crippen molar-refractivity contribution in [3.05, 3.63) is 0 Å². The largest absolute Gasteiger partial charge is 0.396 e. The van der Waals surface area contributed by atoms with Crippen LogP contribution in [0.15, 0.2) is 0 Å². The summed E-state index contributed by atoms with van der Waals surface area (Å²) in [6, 6.07) is 0. The molecule has 0 fully saturated rings. The molecule has 0 aliphatic carbocycles. The summed E-state index contributed by atoms with van der Waals surface area (Å²) in [6.45, 7) is 6.86. The van der Waals surface area contributed by atoms with E-state index in [0.717, 1.165) is 0 Å². The second kappa shape index (κ2) is 3.41. The Balaban J connectivity index is 4.71. The van der Waals surface area contributed by atoms with E-state index in [4.69, 9.17) is 11.0 Å². The lowest BCUT2D eigenvalue weighted by Crippen LogP contribution is -2.43. The van der Waals surface area contributed by atoms with E-state index < -0.39 is 16.8 Å². The van der Waals surface area contributed by atoms with Gasteiger partial charge in [-0.3, -0.25) is 0 Å². The molecule has 0 bridgehead atoms. The van der Waals surface area contributed by atoms with Crippen LogP contribution in [0.2, 0.25) is 0 Å². The molecule has 4 heteroatoms. The van der Waals surface area contributed by atoms with Gasteiger partial charge in [-0.05, 0) is 13.8 Å². The first-order valence-corrected chi connectivity index (χ1v) is 3.81. The molecule has 0 aromatic heterocycles. The Hall–Kier alpha value is -0.610. The summed E-state index contributed by atoms with van der Waals surface area (Å²) < 4.78 is 0. The van der Waals surface area contributed by atoms with Crippen LogP contribution < -0.4 is 5.90 Å². The van der Waals surface area contributed by atoms with Gasteiger partial charge in [0.15, 0.2) is 0 Å². The normalized spacial score (nSPS) is 12.8. The van der Waals surface area contributed by atoms with E-state index in [1.807, 2.05) is 0 Å². The number of carbonyl (C=O) groups is 1. The Labute approximate surface area is 72.7 Å². The van der Waals surface area contributed by atoms with Crippen LogP contribution >= 0.6 is 0 Å². The van der Waals surface area contributed by atoms with Crippen LogP contribution in [0, 0.1) is 10.8 Å². The summed E-state index contributed by atoms with van der Waals surface area (Å²) in [7, 11) is 0. The van der Waals surface area contributed by atoms with Crippen molar-refractivity contribution in [2.24, 2.45) is 16.7 Å². The minimum Gasteiger partial charge on any atom is -0.396 e. The van der Waals surface area contributed by atoms with Crippen LogP contribution in [0.3, 0.4) is 0 Å². The molecule has 0 aliphatic rings. The van der Waals surface area contributed by atoms with Crippen molar-refractivity contribution in [2.75, 3.05) is 6.61 Å². The number of carbonyl (C=O) groups excluding carboxylic acids is 1. The molecular weight excluding hydrogens is 158 g/mol. The zero-order chi connectivity index (χ0) is 9.99. The standard InChI is InChI=1S/C8H17NO3/c1-7(2,5-10)8(3,4)6(11)12-9/h10H,5,9H2,1-4H3. The van der Waals surface area contributed by atoms with Crippen molar-refractivity contribution >= 4 is 5.97 Å². The van der Waals surface area contributed by atoms with Gasteiger partial charge in [-0.1, -0.05) is 13.8 Å². The smallest absolute Gasteiger partial charge is 0.330 e. The SMILES string of the molecule is CC(C)(CO)C(C)(C)C(=O)ON. The fourth-order valence-corrected chi connectivity index (χ4v) is 0.621. The second-order valence-electron chi connectivity index (χ2n) is 4.07. The molecule has 0 saturated carbocycles. The van der Waals surface area contributed by atoms with E-state index in [-0.39, 0.29) is 6.61 Å². The van der Waals surface area contributed by atoms with E-state index in [2.05, 4.69) is 4.84 Å². The molecule has 0 rings (SSSR count). The molecule has 0 atom stereocenters. The first-order valence-electron chi connectivity index (χ1n) is 3.81. The maximum Gasteiger partial charge on any atom is 0.330 e. The highest BCUT2D eigenvalue weighted by Crippen LogP contribution is 2.38. The van der Waals surface area contributed by atoms with Crippen molar-refractivity contribution in [3.8, 4) is 0 Å². The number of aliphatic hydroxyl groups excluding tert-OH is 1. The van der Waals surface area contributed by atoms with Crippen LogP contribution in [0.4, 0.5) is 0 Å². The van der Waals surface area contributed by atoms with Crippen molar-refractivity contribution in [1.29, 1.82) is 0 Å².